The number of aryl methyl sites for hydroxylation is 1. The number of hydrogen-bond acceptors (Lipinski definition) is 4. The van der Waals surface area contributed by atoms with Gasteiger partial charge in [-0.2, -0.15) is 10.2 Å². The average Bonchev–Trinajstić information content (AvgIpc) is 3.43. The van der Waals surface area contributed by atoms with Crippen LogP contribution in [0.2, 0.25) is 0 Å². The van der Waals surface area contributed by atoms with E-state index in [0.717, 1.165) is 22.5 Å². The molecule has 4 heterocycles. The minimum atomic E-state index is -0.393. The summed E-state index contributed by atoms with van der Waals surface area (Å²) in [6.07, 6.45) is 7.51. The fourth-order valence-corrected chi connectivity index (χ4v) is 2.99. The molecule has 0 saturated carbocycles. The number of hydrogen-bond donors (Lipinski definition) is 1. The van der Waals surface area contributed by atoms with E-state index in [9.17, 15) is 9.59 Å². The number of likely N-dealkylation sites (N-methyl/N-ethyl adjacent to an activating group) is 1. The molecule has 0 unspecified atom stereocenters. The second kappa shape index (κ2) is 7.27. The second-order valence-electron chi connectivity index (χ2n) is 6.92. The Balaban J connectivity index is 1.60. The maximum Gasteiger partial charge on any atom is 0.272 e. The standard InChI is InChI=1S/C20H21N7O2/c1-24(2)19(28)11-21-20(29)17-8-9-27(23-17)18-7-6-16-5-4-14(13-26(16)18)15-10-22-25(3)12-15/h4-10,12-13H,11H2,1-3H3,(H,21,29). The van der Waals surface area contributed by atoms with Crippen LogP contribution in [0.4, 0.5) is 0 Å². The summed E-state index contributed by atoms with van der Waals surface area (Å²) in [5.41, 5.74) is 3.29. The minimum Gasteiger partial charge on any atom is -0.347 e. The van der Waals surface area contributed by atoms with E-state index in [1.807, 2.05) is 54.3 Å². The van der Waals surface area contributed by atoms with Gasteiger partial charge in [-0.05, 0) is 24.3 Å². The summed E-state index contributed by atoms with van der Waals surface area (Å²) in [5.74, 6) is 0.225. The smallest absolute Gasteiger partial charge is 0.272 e. The fraction of sp³-hybridized carbons (Fsp3) is 0.200. The predicted molar refractivity (Wildman–Crippen MR) is 108 cm³/mol. The molecule has 4 aromatic heterocycles. The highest BCUT2D eigenvalue weighted by Gasteiger charge is 2.14. The molecular formula is C20H21N7O2. The Morgan fingerprint density at radius 3 is 2.59 bits per heavy atom. The third-order valence-electron chi connectivity index (χ3n) is 4.62. The Morgan fingerprint density at radius 2 is 1.86 bits per heavy atom. The molecule has 0 atom stereocenters. The number of fused-ring (bicyclic) bond motifs is 1. The number of carbonyl (C=O) groups is 2. The molecule has 0 aliphatic carbocycles. The van der Waals surface area contributed by atoms with Gasteiger partial charge in [0.2, 0.25) is 5.91 Å². The van der Waals surface area contributed by atoms with Gasteiger partial charge in [-0.15, -0.1) is 0 Å². The lowest BCUT2D eigenvalue weighted by molar-refractivity contribution is -0.127. The molecular weight excluding hydrogens is 370 g/mol. The van der Waals surface area contributed by atoms with E-state index in [2.05, 4.69) is 15.5 Å². The summed E-state index contributed by atoms with van der Waals surface area (Å²) in [7, 11) is 5.16. The van der Waals surface area contributed by atoms with Gasteiger partial charge in [0, 0.05) is 56.4 Å². The number of aromatic nitrogens is 5. The normalized spacial score (nSPS) is 11.0. The molecule has 1 N–H and O–H groups in total. The molecule has 9 nitrogen and oxygen atoms in total. The molecule has 29 heavy (non-hydrogen) atoms. The molecule has 0 saturated heterocycles. The quantitative estimate of drug-likeness (QED) is 0.556. The number of amides is 2. The van der Waals surface area contributed by atoms with Crippen molar-refractivity contribution in [3.8, 4) is 16.9 Å². The van der Waals surface area contributed by atoms with Crippen LogP contribution >= 0.6 is 0 Å². The van der Waals surface area contributed by atoms with Crippen molar-refractivity contribution in [2.75, 3.05) is 20.6 Å². The van der Waals surface area contributed by atoms with Gasteiger partial charge in [-0.1, -0.05) is 6.07 Å². The number of nitrogens with one attached hydrogen (secondary N) is 1. The summed E-state index contributed by atoms with van der Waals surface area (Å²) >= 11 is 0. The summed E-state index contributed by atoms with van der Waals surface area (Å²) in [6, 6.07) is 9.61. The van der Waals surface area contributed by atoms with Crippen molar-refractivity contribution in [2.24, 2.45) is 7.05 Å². The summed E-state index contributed by atoms with van der Waals surface area (Å²) < 4.78 is 5.41. The predicted octanol–water partition coefficient (Wildman–Crippen LogP) is 1.34. The molecule has 0 aliphatic heterocycles. The average molecular weight is 391 g/mol. The van der Waals surface area contributed by atoms with Crippen LogP contribution in [-0.2, 0) is 11.8 Å². The summed E-state index contributed by atoms with van der Waals surface area (Å²) in [4.78, 5) is 25.4. The van der Waals surface area contributed by atoms with Crippen molar-refractivity contribution in [1.82, 2.24) is 34.2 Å². The molecule has 0 radical (unpaired) electrons. The molecule has 9 heteroatoms. The topological polar surface area (TPSA) is 89.5 Å². The molecule has 2 amide bonds. The third kappa shape index (κ3) is 3.62. The highest BCUT2D eigenvalue weighted by atomic mass is 16.2. The number of carbonyl (C=O) groups excluding carboxylic acids is 2. The van der Waals surface area contributed by atoms with Gasteiger partial charge < -0.3 is 14.6 Å². The first-order valence-electron chi connectivity index (χ1n) is 9.07. The van der Waals surface area contributed by atoms with Crippen molar-refractivity contribution in [2.45, 2.75) is 0 Å². The van der Waals surface area contributed by atoms with Gasteiger partial charge in [0.25, 0.3) is 5.91 Å². The Hall–Kier alpha value is -3.88. The van der Waals surface area contributed by atoms with E-state index in [0.29, 0.717) is 0 Å². The van der Waals surface area contributed by atoms with Crippen molar-refractivity contribution >= 4 is 17.3 Å². The largest absolute Gasteiger partial charge is 0.347 e. The Bertz CT molecular complexity index is 1200. The van der Waals surface area contributed by atoms with Crippen LogP contribution in [0.5, 0.6) is 0 Å². The maximum absolute atomic E-state index is 12.3. The van der Waals surface area contributed by atoms with Crippen LogP contribution < -0.4 is 5.32 Å². The Labute approximate surface area is 167 Å². The van der Waals surface area contributed by atoms with E-state index in [1.165, 1.54) is 4.90 Å². The van der Waals surface area contributed by atoms with Crippen LogP contribution in [0.15, 0.2) is 55.1 Å². The fourth-order valence-electron chi connectivity index (χ4n) is 2.99. The highest BCUT2D eigenvalue weighted by Crippen LogP contribution is 2.22. The summed E-state index contributed by atoms with van der Waals surface area (Å²) in [6.45, 7) is -0.0682. The zero-order valence-corrected chi connectivity index (χ0v) is 16.4. The highest BCUT2D eigenvalue weighted by molar-refractivity contribution is 5.94. The lowest BCUT2D eigenvalue weighted by Gasteiger charge is -2.10. The monoisotopic (exact) mass is 391 g/mol. The van der Waals surface area contributed by atoms with Crippen molar-refractivity contribution in [3.05, 3.63) is 60.8 Å². The first kappa shape index (κ1) is 18.5. The van der Waals surface area contributed by atoms with Crippen molar-refractivity contribution in [3.63, 3.8) is 0 Å². The van der Waals surface area contributed by atoms with Crippen LogP contribution in [0.1, 0.15) is 10.5 Å². The van der Waals surface area contributed by atoms with Crippen LogP contribution in [0.3, 0.4) is 0 Å². The number of nitrogens with zero attached hydrogens (tertiary/aromatic N) is 6. The Morgan fingerprint density at radius 1 is 1.07 bits per heavy atom. The summed E-state index contributed by atoms with van der Waals surface area (Å²) in [5, 5.41) is 11.2. The number of pyridine rings is 1. The van der Waals surface area contributed by atoms with E-state index >= 15 is 0 Å². The molecule has 148 valence electrons. The van der Waals surface area contributed by atoms with Crippen LogP contribution in [0, 0.1) is 0 Å². The molecule has 4 rings (SSSR count). The van der Waals surface area contributed by atoms with Gasteiger partial charge in [-0.25, -0.2) is 4.68 Å². The first-order chi connectivity index (χ1) is 13.9. The molecule has 0 bridgehead atoms. The van der Waals surface area contributed by atoms with Gasteiger partial charge >= 0.3 is 0 Å². The lowest BCUT2D eigenvalue weighted by Crippen LogP contribution is -2.36. The Kier molecular flexibility index (Phi) is 4.63. The van der Waals surface area contributed by atoms with Gasteiger partial charge in [0.1, 0.15) is 5.82 Å². The molecule has 0 aromatic carbocycles. The van der Waals surface area contributed by atoms with Gasteiger partial charge in [0.05, 0.1) is 12.7 Å². The zero-order valence-electron chi connectivity index (χ0n) is 16.4. The van der Waals surface area contributed by atoms with E-state index in [1.54, 1.807) is 35.7 Å². The van der Waals surface area contributed by atoms with Crippen LogP contribution in [-0.4, -0.2) is 61.3 Å². The van der Waals surface area contributed by atoms with E-state index < -0.39 is 5.91 Å². The second-order valence-corrected chi connectivity index (χ2v) is 6.92. The molecule has 0 aliphatic rings. The molecule has 0 fully saturated rings. The van der Waals surface area contributed by atoms with Gasteiger partial charge in [-0.3, -0.25) is 14.3 Å². The van der Waals surface area contributed by atoms with Gasteiger partial charge in [0.15, 0.2) is 5.69 Å². The minimum absolute atomic E-state index is 0.0682. The SMILES string of the molecule is CN(C)C(=O)CNC(=O)c1ccn(-c2ccc3ccc(-c4cnn(C)c4)cn23)n1. The van der Waals surface area contributed by atoms with E-state index in [-0.39, 0.29) is 18.1 Å². The van der Waals surface area contributed by atoms with Crippen LogP contribution in [0.25, 0.3) is 22.5 Å². The number of rotatable bonds is 5. The first-order valence-corrected chi connectivity index (χ1v) is 9.07. The van der Waals surface area contributed by atoms with E-state index in [4.69, 9.17) is 0 Å². The maximum atomic E-state index is 12.3. The molecule has 4 aromatic rings. The van der Waals surface area contributed by atoms with Crippen molar-refractivity contribution in [1.29, 1.82) is 0 Å². The molecule has 0 spiro atoms. The third-order valence-corrected chi connectivity index (χ3v) is 4.62. The lowest BCUT2D eigenvalue weighted by atomic mass is 10.1. The van der Waals surface area contributed by atoms with Crippen molar-refractivity contribution < 1.29 is 9.59 Å². The zero-order chi connectivity index (χ0) is 20.5.